The van der Waals surface area contributed by atoms with Crippen LogP contribution in [0.15, 0.2) is 34.7 Å². The molecule has 0 aliphatic carbocycles. The van der Waals surface area contributed by atoms with Crippen molar-refractivity contribution in [2.45, 2.75) is 13.5 Å². The lowest BCUT2D eigenvalue weighted by atomic mass is 10.2. The Morgan fingerprint density at radius 2 is 2.21 bits per heavy atom. The molecule has 1 aromatic carbocycles. The summed E-state index contributed by atoms with van der Waals surface area (Å²) in [6, 6.07) is 10.7. The van der Waals surface area contributed by atoms with Crippen molar-refractivity contribution in [2.75, 3.05) is 5.32 Å². The fraction of sp³-hybridized carbons (Fsp3) is 0.143. The van der Waals surface area contributed by atoms with Crippen LogP contribution in [0.4, 0.5) is 5.69 Å². The molecule has 0 saturated carbocycles. The highest BCUT2D eigenvalue weighted by atomic mass is 16.4. The number of nitrogens with zero attached hydrogens (tertiary/aromatic N) is 1. The van der Waals surface area contributed by atoms with Gasteiger partial charge in [0.25, 0.3) is 0 Å². The average molecular weight is 256 g/mol. The van der Waals surface area contributed by atoms with Crippen LogP contribution in [0.5, 0.6) is 0 Å². The van der Waals surface area contributed by atoms with Crippen molar-refractivity contribution in [3.63, 3.8) is 0 Å². The number of carboxylic acids is 1. The van der Waals surface area contributed by atoms with Crippen molar-refractivity contribution in [3.8, 4) is 6.07 Å². The highest BCUT2D eigenvalue weighted by molar-refractivity contribution is 5.84. The van der Waals surface area contributed by atoms with Gasteiger partial charge >= 0.3 is 5.97 Å². The van der Waals surface area contributed by atoms with Crippen LogP contribution in [0.2, 0.25) is 0 Å². The summed E-state index contributed by atoms with van der Waals surface area (Å²) in [4.78, 5) is 10.8. The van der Waals surface area contributed by atoms with Gasteiger partial charge in [-0.1, -0.05) is 12.1 Å². The zero-order valence-corrected chi connectivity index (χ0v) is 10.3. The lowest BCUT2D eigenvalue weighted by Crippen LogP contribution is -2.01. The maximum Gasteiger partial charge on any atom is 0.371 e. The number of hydrogen-bond acceptors (Lipinski definition) is 4. The summed E-state index contributed by atoms with van der Waals surface area (Å²) in [5.41, 5.74) is 2.01. The van der Waals surface area contributed by atoms with Gasteiger partial charge in [-0.25, -0.2) is 4.79 Å². The van der Waals surface area contributed by atoms with Crippen molar-refractivity contribution in [3.05, 3.63) is 53.0 Å². The third kappa shape index (κ3) is 2.75. The van der Waals surface area contributed by atoms with Gasteiger partial charge in [0.05, 0.1) is 11.3 Å². The molecule has 0 aliphatic rings. The van der Waals surface area contributed by atoms with E-state index < -0.39 is 5.97 Å². The van der Waals surface area contributed by atoms with Gasteiger partial charge in [-0.2, -0.15) is 5.26 Å². The van der Waals surface area contributed by atoms with Crippen LogP contribution in [-0.4, -0.2) is 11.1 Å². The van der Waals surface area contributed by atoms with E-state index in [1.54, 1.807) is 25.1 Å². The first kappa shape index (κ1) is 12.7. The number of para-hydroxylation sites is 1. The number of hydrogen-bond donors (Lipinski definition) is 2. The Bertz CT molecular complexity index is 653. The monoisotopic (exact) mass is 256 g/mol. The van der Waals surface area contributed by atoms with E-state index in [1.807, 2.05) is 6.07 Å². The molecule has 2 aromatic rings. The first-order valence-corrected chi connectivity index (χ1v) is 5.67. The first-order chi connectivity index (χ1) is 9.11. The minimum absolute atomic E-state index is 0.0807. The number of furan rings is 1. The first-order valence-electron chi connectivity index (χ1n) is 5.67. The summed E-state index contributed by atoms with van der Waals surface area (Å²) in [6.07, 6.45) is 0. The van der Waals surface area contributed by atoms with Crippen LogP contribution in [0, 0.1) is 18.3 Å². The Labute approximate surface area is 110 Å². The van der Waals surface area contributed by atoms with E-state index in [2.05, 4.69) is 11.4 Å². The number of carboxylic acid groups (broad SMARTS) is 1. The van der Waals surface area contributed by atoms with E-state index in [0.29, 0.717) is 23.6 Å². The molecule has 96 valence electrons. The predicted molar refractivity (Wildman–Crippen MR) is 68.9 cm³/mol. The standard InChI is InChI=1S/C14H12N2O3/c1-9-11(6-13(19-9)14(17)18)8-16-12-5-3-2-4-10(12)7-15/h2-6,16H,8H2,1H3,(H,17,18). The summed E-state index contributed by atoms with van der Waals surface area (Å²) in [5, 5.41) is 20.9. The topological polar surface area (TPSA) is 86.3 Å². The second-order valence-electron chi connectivity index (χ2n) is 4.01. The maximum absolute atomic E-state index is 10.8. The van der Waals surface area contributed by atoms with Crippen molar-refractivity contribution in [2.24, 2.45) is 0 Å². The number of rotatable bonds is 4. The minimum atomic E-state index is -1.09. The maximum atomic E-state index is 10.8. The Morgan fingerprint density at radius 3 is 2.84 bits per heavy atom. The van der Waals surface area contributed by atoms with Crippen LogP contribution in [0.3, 0.4) is 0 Å². The third-order valence-corrected chi connectivity index (χ3v) is 2.75. The summed E-state index contributed by atoms with van der Waals surface area (Å²) < 4.78 is 5.12. The molecule has 0 unspecified atom stereocenters. The number of anilines is 1. The number of aryl methyl sites for hydroxylation is 1. The molecule has 0 radical (unpaired) electrons. The fourth-order valence-corrected chi connectivity index (χ4v) is 1.73. The van der Waals surface area contributed by atoms with E-state index in [1.165, 1.54) is 6.07 Å². The molecule has 5 heteroatoms. The number of nitrogens with one attached hydrogen (secondary N) is 1. The number of carbonyl (C=O) groups is 1. The molecule has 19 heavy (non-hydrogen) atoms. The summed E-state index contributed by atoms with van der Waals surface area (Å²) in [7, 11) is 0. The fourth-order valence-electron chi connectivity index (χ4n) is 1.73. The summed E-state index contributed by atoms with van der Waals surface area (Å²) in [6.45, 7) is 2.11. The lowest BCUT2D eigenvalue weighted by Gasteiger charge is -2.06. The SMILES string of the molecule is Cc1oc(C(=O)O)cc1CNc1ccccc1C#N. The largest absolute Gasteiger partial charge is 0.475 e. The zero-order chi connectivity index (χ0) is 13.8. The Kier molecular flexibility index (Phi) is 3.53. The predicted octanol–water partition coefficient (Wildman–Crippen LogP) is 2.77. The molecule has 5 nitrogen and oxygen atoms in total. The van der Waals surface area contributed by atoms with E-state index in [9.17, 15) is 4.79 Å². The molecule has 0 aliphatic heterocycles. The molecule has 0 fully saturated rings. The van der Waals surface area contributed by atoms with Crippen molar-refractivity contribution in [1.29, 1.82) is 5.26 Å². The Balaban J connectivity index is 2.15. The number of aromatic carboxylic acids is 1. The molecule has 0 bridgehead atoms. The normalized spacial score (nSPS) is 9.89. The Morgan fingerprint density at radius 1 is 1.47 bits per heavy atom. The van der Waals surface area contributed by atoms with Crippen LogP contribution in [0.25, 0.3) is 0 Å². The summed E-state index contributed by atoms with van der Waals surface area (Å²) in [5.74, 6) is -0.617. The Hall–Kier alpha value is -2.74. The number of benzene rings is 1. The molecular weight excluding hydrogens is 244 g/mol. The van der Waals surface area contributed by atoms with Gasteiger partial charge in [-0.05, 0) is 25.1 Å². The van der Waals surface area contributed by atoms with Gasteiger partial charge < -0.3 is 14.8 Å². The van der Waals surface area contributed by atoms with E-state index in [0.717, 1.165) is 5.56 Å². The molecule has 0 atom stereocenters. The van der Waals surface area contributed by atoms with Crippen molar-refractivity contribution < 1.29 is 14.3 Å². The third-order valence-electron chi connectivity index (χ3n) is 2.75. The van der Waals surface area contributed by atoms with Crippen LogP contribution < -0.4 is 5.32 Å². The molecular formula is C14H12N2O3. The smallest absolute Gasteiger partial charge is 0.371 e. The molecule has 2 N–H and O–H groups in total. The van der Waals surface area contributed by atoms with Crippen LogP contribution in [-0.2, 0) is 6.54 Å². The second kappa shape index (κ2) is 5.27. The van der Waals surface area contributed by atoms with Crippen LogP contribution >= 0.6 is 0 Å². The molecule has 0 saturated heterocycles. The highest BCUT2D eigenvalue weighted by Gasteiger charge is 2.13. The van der Waals surface area contributed by atoms with Gasteiger partial charge in [0, 0.05) is 12.1 Å². The lowest BCUT2D eigenvalue weighted by molar-refractivity contribution is 0.0661. The number of nitriles is 1. The molecule has 2 rings (SSSR count). The second-order valence-corrected chi connectivity index (χ2v) is 4.01. The van der Waals surface area contributed by atoms with Gasteiger partial charge in [-0.15, -0.1) is 0 Å². The molecule has 1 heterocycles. The van der Waals surface area contributed by atoms with E-state index in [-0.39, 0.29) is 5.76 Å². The van der Waals surface area contributed by atoms with Gasteiger partial charge in [0.1, 0.15) is 11.8 Å². The van der Waals surface area contributed by atoms with Crippen molar-refractivity contribution in [1.82, 2.24) is 0 Å². The van der Waals surface area contributed by atoms with Crippen LogP contribution in [0.1, 0.15) is 27.4 Å². The molecule has 0 amide bonds. The molecule has 0 spiro atoms. The molecule has 1 aromatic heterocycles. The van der Waals surface area contributed by atoms with E-state index in [4.69, 9.17) is 14.8 Å². The quantitative estimate of drug-likeness (QED) is 0.878. The zero-order valence-electron chi connectivity index (χ0n) is 10.3. The van der Waals surface area contributed by atoms with Gasteiger partial charge in [-0.3, -0.25) is 0 Å². The highest BCUT2D eigenvalue weighted by Crippen LogP contribution is 2.18. The van der Waals surface area contributed by atoms with Gasteiger partial charge in [0.2, 0.25) is 5.76 Å². The van der Waals surface area contributed by atoms with Crippen molar-refractivity contribution >= 4 is 11.7 Å². The average Bonchev–Trinajstić information content (AvgIpc) is 2.78. The van der Waals surface area contributed by atoms with Gasteiger partial charge in [0.15, 0.2) is 0 Å². The minimum Gasteiger partial charge on any atom is -0.475 e. The van der Waals surface area contributed by atoms with E-state index >= 15 is 0 Å². The summed E-state index contributed by atoms with van der Waals surface area (Å²) >= 11 is 0.